The molecule has 0 atom stereocenters. The van der Waals surface area contributed by atoms with Crippen molar-refractivity contribution in [2.24, 2.45) is 0 Å². The number of unbranched alkanes of at least 4 members (excludes halogenated alkanes) is 1. The molecule has 0 heterocycles. The van der Waals surface area contributed by atoms with Gasteiger partial charge in [0.25, 0.3) is 0 Å². The van der Waals surface area contributed by atoms with Gasteiger partial charge >= 0.3 is 0 Å². The highest BCUT2D eigenvalue weighted by Gasteiger charge is 2.09. The van der Waals surface area contributed by atoms with Crippen LogP contribution in [0.4, 0.5) is 0 Å². The van der Waals surface area contributed by atoms with Crippen LogP contribution in [0.5, 0.6) is 0 Å². The minimum atomic E-state index is 0.188. The molecule has 0 bridgehead atoms. The maximum atomic E-state index is 12.1. The number of amides is 1. The Balaban J connectivity index is 1.86. The average Bonchev–Trinajstić information content (AvgIpc) is 2.60. The van der Waals surface area contributed by atoms with E-state index < -0.39 is 0 Å². The number of methoxy groups -OCH3 is 1. The molecule has 0 saturated carbocycles. The molecular weight excluding hydrogens is 286 g/mol. The number of hydrogen-bond acceptors (Lipinski definition) is 2. The van der Waals surface area contributed by atoms with Gasteiger partial charge in [0.1, 0.15) is 0 Å². The summed E-state index contributed by atoms with van der Waals surface area (Å²) in [5, 5.41) is 0. The Morgan fingerprint density at radius 3 is 2.26 bits per heavy atom. The molecule has 0 aliphatic heterocycles. The van der Waals surface area contributed by atoms with Crippen LogP contribution in [0.2, 0.25) is 0 Å². The Labute approximate surface area is 138 Å². The fraction of sp³-hybridized carbons (Fsp3) is 0.350. The summed E-state index contributed by atoms with van der Waals surface area (Å²) in [6.07, 6.45) is 2.40. The minimum absolute atomic E-state index is 0.188. The second kappa shape index (κ2) is 9.11. The van der Waals surface area contributed by atoms with Crippen LogP contribution >= 0.6 is 0 Å². The normalized spacial score (nSPS) is 10.5. The SMILES string of the molecule is COCCCCC(=O)N(C)Cc1ccc(-c2ccccc2)cc1. The van der Waals surface area contributed by atoms with Gasteiger partial charge < -0.3 is 9.64 Å². The Morgan fingerprint density at radius 1 is 0.957 bits per heavy atom. The molecule has 0 aliphatic rings. The molecule has 0 saturated heterocycles. The fourth-order valence-electron chi connectivity index (χ4n) is 2.51. The van der Waals surface area contributed by atoms with Gasteiger partial charge in [-0.25, -0.2) is 0 Å². The second-order valence-corrected chi connectivity index (χ2v) is 5.76. The maximum absolute atomic E-state index is 12.1. The highest BCUT2D eigenvalue weighted by Crippen LogP contribution is 2.19. The number of hydrogen-bond donors (Lipinski definition) is 0. The lowest BCUT2D eigenvalue weighted by molar-refractivity contribution is -0.130. The molecule has 2 aromatic carbocycles. The quantitative estimate of drug-likeness (QED) is 0.686. The van der Waals surface area contributed by atoms with E-state index in [1.165, 1.54) is 11.1 Å². The Hall–Kier alpha value is -2.13. The third kappa shape index (κ3) is 5.53. The lowest BCUT2D eigenvalue weighted by Crippen LogP contribution is -2.25. The zero-order valence-corrected chi connectivity index (χ0v) is 14.0. The molecule has 0 spiro atoms. The predicted octanol–water partition coefficient (Wildman–Crippen LogP) is 4.13. The number of rotatable bonds is 8. The minimum Gasteiger partial charge on any atom is -0.385 e. The zero-order chi connectivity index (χ0) is 16.5. The van der Waals surface area contributed by atoms with Crippen LogP contribution in [0.3, 0.4) is 0 Å². The van der Waals surface area contributed by atoms with E-state index >= 15 is 0 Å². The highest BCUT2D eigenvalue weighted by atomic mass is 16.5. The molecule has 3 heteroatoms. The second-order valence-electron chi connectivity index (χ2n) is 5.76. The third-order valence-electron chi connectivity index (χ3n) is 3.90. The van der Waals surface area contributed by atoms with Crippen LogP contribution in [0.1, 0.15) is 24.8 Å². The van der Waals surface area contributed by atoms with Gasteiger partial charge in [-0.3, -0.25) is 4.79 Å². The highest BCUT2D eigenvalue weighted by molar-refractivity contribution is 5.75. The number of carbonyl (C=O) groups is 1. The van der Waals surface area contributed by atoms with Gasteiger partial charge in [-0.15, -0.1) is 0 Å². The monoisotopic (exact) mass is 311 g/mol. The lowest BCUT2D eigenvalue weighted by Gasteiger charge is -2.17. The summed E-state index contributed by atoms with van der Waals surface area (Å²) in [5.41, 5.74) is 3.56. The molecule has 0 N–H and O–H groups in total. The maximum Gasteiger partial charge on any atom is 0.222 e. The molecule has 2 aromatic rings. The van der Waals surface area contributed by atoms with Crippen molar-refractivity contribution in [3.05, 3.63) is 60.2 Å². The summed E-state index contributed by atoms with van der Waals surface area (Å²) in [5.74, 6) is 0.188. The first-order valence-corrected chi connectivity index (χ1v) is 8.08. The van der Waals surface area contributed by atoms with Gasteiger partial charge in [0, 0.05) is 33.7 Å². The first-order valence-electron chi connectivity index (χ1n) is 8.08. The van der Waals surface area contributed by atoms with E-state index in [1.807, 2.05) is 25.2 Å². The number of ether oxygens (including phenoxy) is 1. The molecule has 122 valence electrons. The van der Waals surface area contributed by atoms with Crippen molar-refractivity contribution in [2.45, 2.75) is 25.8 Å². The first-order chi connectivity index (χ1) is 11.2. The van der Waals surface area contributed by atoms with Gasteiger partial charge in [0.15, 0.2) is 0 Å². The van der Waals surface area contributed by atoms with Crippen molar-refractivity contribution in [1.29, 1.82) is 0 Å². The molecule has 0 radical (unpaired) electrons. The van der Waals surface area contributed by atoms with Gasteiger partial charge in [0.05, 0.1) is 0 Å². The van der Waals surface area contributed by atoms with E-state index in [2.05, 4.69) is 36.4 Å². The molecule has 3 nitrogen and oxygen atoms in total. The number of carbonyl (C=O) groups excluding carboxylic acids is 1. The number of benzene rings is 2. The molecular formula is C20H25NO2. The van der Waals surface area contributed by atoms with Crippen molar-refractivity contribution in [1.82, 2.24) is 4.90 Å². The van der Waals surface area contributed by atoms with Gasteiger partial charge in [-0.05, 0) is 29.5 Å². The number of nitrogens with zero attached hydrogens (tertiary/aromatic N) is 1. The van der Waals surface area contributed by atoms with Crippen molar-refractivity contribution in [3.8, 4) is 11.1 Å². The molecule has 0 fully saturated rings. The Morgan fingerprint density at radius 2 is 1.61 bits per heavy atom. The van der Waals surface area contributed by atoms with E-state index in [1.54, 1.807) is 12.0 Å². The van der Waals surface area contributed by atoms with Crippen LogP contribution in [-0.2, 0) is 16.1 Å². The summed E-state index contributed by atoms with van der Waals surface area (Å²) in [4.78, 5) is 13.9. The fourth-order valence-corrected chi connectivity index (χ4v) is 2.51. The van der Waals surface area contributed by atoms with Crippen molar-refractivity contribution in [2.75, 3.05) is 20.8 Å². The van der Waals surface area contributed by atoms with Crippen molar-refractivity contribution in [3.63, 3.8) is 0 Å². The molecule has 0 aliphatic carbocycles. The molecule has 0 aromatic heterocycles. The van der Waals surface area contributed by atoms with Crippen LogP contribution < -0.4 is 0 Å². The van der Waals surface area contributed by atoms with Gasteiger partial charge in [-0.1, -0.05) is 54.6 Å². The predicted molar refractivity (Wildman–Crippen MR) is 94.1 cm³/mol. The van der Waals surface area contributed by atoms with E-state index in [9.17, 15) is 4.79 Å². The smallest absolute Gasteiger partial charge is 0.222 e. The standard InChI is InChI=1S/C20H25NO2/c1-21(20(22)10-6-7-15-23-2)16-17-11-13-19(14-12-17)18-8-4-3-5-9-18/h3-5,8-9,11-14H,6-7,10,15-16H2,1-2H3. The van der Waals surface area contributed by atoms with E-state index in [-0.39, 0.29) is 5.91 Å². The van der Waals surface area contributed by atoms with Gasteiger partial charge in [0.2, 0.25) is 5.91 Å². The summed E-state index contributed by atoms with van der Waals surface area (Å²) in [6, 6.07) is 18.7. The summed E-state index contributed by atoms with van der Waals surface area (Å²) in [7, 11) is 3.55. The van der Waals surface area contributed by atoms with Gasteiger partial charge in [-0.2, -0.15) is 0 Å². The van der Waals surface area contributed by atoms with E-state index in [4.69, 9.17) is 4.74 Å². The summed E-state index contributed by atoms with van der Waals surface area (Å²) < 4.78 is 5.00. The van der Waals surface area contributed by atoms with Crippen LogP contribution in [0.15, 0.2) is 54.6 Å². The molecule has 2 rings (SSSR count). The average molecular weight is 311 g/mol. The zero-order valence-electron chi connectivity index (χ0n) is 14.0. The van der Waals surface area contributed by atoms with E-state index in [0.717, 1.165) is 25.0 Å². The van der Waals surface area contributed by atoms with Crippen molar-refractivity contribution >= 4 is 5.91 Å². The molecule has 1 amide bonds. The first kappa shape index (κ1) is 17.2. The molecule has 0 unspecified atom stereocenters. The van der Waals surface area contributed by atoms with Crippen LogP contribution in [0, 0.1) is 0 Å². The van der Waals surface area contributed by atoms with Crippen LogP contribution in [0.25, 0.3) is 11.1 Å². The largest absolute Gasteiger partial charge is 0.385 e. The summed E-state index contributed by atoms with van der Waals surface area (Å²) in [6.45, 7) is 1.37. The lowest BCUT2D eigenvalue weighted by atomic mass is 10.0. The van der Waals surface area contributed by atoms with Crippen LogP contribution in [-0.4, -0.2) is 31.6 Å². The van der Waals surface area contributed by atoms with E-state index in [0.29, 0.717) is 13.0 Å². The Kier molecular flexibility index (Phi) is 6.82. The topological polar surface area (TPSA) is 29.5 Å². The third-order valence-corrected chi connectivity index (χ3v) is 3.90. The summed E-state index contributed by atoms with van der Waals surface area (Å²) >= 11 is 0. The molecule has 23 heavy (non-hydrogen) atoms. The Bertz CT molecular complexity index is 593. The van der Waals surface area contributed by atoms with Crippen molar-refractivity contribution < 1.29 is 9.53 Å².